The molecule has 0 saturated heterocycles. The Labute approximate surface area is 421 Å². The van der Waals surface area contributed by atoms with Gasteiger partial charge in [-0.05, 0) is 118 Å². The van der Waals surface area contributed by atoms with E-state index >= 15 is 0 Å². The minimum Gasteiger partial charge on any atom is -0.444 e. The highest BCUT2D eigenvalue weighted by atomic mass is 35.5. The second kappa shape index (κ2) is 20.1. The van der Waals surface area contributed by atoms with Gasteiger partial charge in [-0.15, -0.1) is 0 Å². The van der Waals surface area contributed by atoms with E-state index in [1.165, 1.54) is 17.5 Å². The summed E-state index contributed by atoms with van der Waals surface area (Å²) >= 11 is 6.39. The standard InChI is InChI=1S/C32H30N4.C29H28ClN3O2/c33-32(18-7-19-32)27-14-12-25(13-15-27)29-28(24-10-5-2-6-11-24)22-26-17-21-35-31(30(26)36-29)34-20-16-23-8-3-1-4-9-23;1-28(2,3)35-27(34)33-29(15-7-16-29)22-12-10-20(11-13-22)24-23(19-8-5-4-6-9-19)18-21-14-17-31-26(30)25(21)32-24/h1-6,8-15,17,21-22H,7,16,18-20,33H2,(H,34,35);4-6,8-14,17-18H,7,15-16H2,1-3H3,(H,33,34). The van der Waals surface area contributed by atoms with Crippen LogP contribution in [0.3, 0.4) is 0 Å². The molecule has 11 rings (SSSR count). The van der Waals surface area contributed by atoms with E-state index in [9.17, 15) is 4.79 Å². The van der Waals surface area contributed by atoms with Crippen molar-refractivity contribution < 1.29 is 9.53 Å². The molecule has 0 unspecified atom stereocenters. The number of anilines is 1. The zero-order valence-corrected chi connectivity index (χ0v) is 41.2. The average Bonchev–Trinajstić information content (AvgIpc) is 3.37. The Balaban J connectivity index is 0.000000164. The van der Waals surface area contributed by atoms with Gasteiger partial charge in [-0.25, -0.2) is 24.7 Å². The second-order valence-corrected chi connectivity index (χ2v) is 20.2. The van der Waals surface area contributed by atoms with E-state index in [-0.39, 0.29) is 11.6 Å². The van der Waals surface area contributed by atoms with Gasteiger partial charge in [0.15, 0.2) is 11.0 Å². The maximum atomic E-state index is 12.5. The number of hydrogen-bond donors (Lipinski definition) is 3. The van der Waals surface area contributed by atoms with Crippen molar-refractivity contribution in [1.82, 2.24) is 25.3 Å². The number of halogens is 1. The van der Waals surface area contributed by atoms with Gasteiger partial charge in [-0.3, -0.25) is 0 Å². The van der Waals surface area contributed by atoms with Crippen molar-refractivity contribution in [2.75, 3.05) is 11.9 Å². The molecule has 356 valence electrons. The molecular weight excluding hydrogens is 898 g/mol. The molecule has 9 aromatic rings. The molecule has 2 fully saturated rings. The lowest BCUT2D eigenvalue weighted by Gasteiger charge is -2.43. The highest BCUT2D eigenvalue weighted by Gasteiger charge is 2.41. The zero-order chi connectivity index (χ0) is 49.0. The molecule has 5 aromatic carbocycles. The summed E-state index contributed by atoms with van der Waals surface area (Å²) in [5.74, 6) is 0.816. The molecule has 0 spiro atoms. The molecular formula is C61H58ClN7O2. The van der Waals surface area contributed by atoms with Crippen molar-refractivity contribution in [3.8, 4) is 44.8 Å². The third kappa shape index (κ3) is 10.4. The average molecular weight is 957 g/mol. The van der Waals surface area contributed by atoms with Gasteiger partial charge in [0.25, 0.3) is 0 Å². The molecule has 9 nitrogen and oxygen atoms in total. The van der Waals surface area contributed by atoms with Crippen molar-refractivity contribution in [2.24, 2.45) is 5.73 Å². The number of carbonyl (C=O) groups excluding carboxylic acids is 1. The number of fused-ring (bicyclic) bond motifs is 2. The third-order valence-electron chi connectivity index (χ3n) is 13.8. The summed E-state index contributed by atoms with van der Waals surface area (Å²) in [5.41, 5.74) is 18.9. The van der Waals surface area contributed by atoms with Crippen molar-refractivity contribution in [3.05, 3.63) is 198 Å². The largest absolute Gasteiger partial charge is 0.444 e. The molecule has 4 N–H and O–H groups in total. The second-order valence-electron chi connectivity index (χ2n) is 19.8. The number of pyridine rings is 4. The van der Waals surface area contributed by atoms with Gasteiger partial charge in [0.2, 0.25) is 0 Å². The lowest BCUT2D eigenvalue weighted by atomic mass is 9.71. The molecule has 10 heteroatoms. The first-order chi connectivity index (χ1) is 34.4. The fourth-order valence-corrected chi connectivity index (χ4v) is 9.86. The summed E-state index contributed by atoms with van der Waals surface area (Å²) in [7, 11) is 0. The number of aromatic nitrogens is 4. The number of nitrogens with zero attached hydrogens (tertiary/aromatic N) is 4. The van der Waals surface area contributed by atoms with Gasteiger partial charge in [0, 0.05) is 57.5 Å². The minimum atomic E-state index is -0.537. The molecule has 2 saturated carbocycles. The summed E-state index contributed by atoms with van der Waals surface area (Å²) in [6.45, 7) is 6.41. The number of alkyl carbamates (subject to hydrolysis) is 1. The Kier molecular flexibility index (Phi) is 13.4. The van der Waals surface area contributed by atoms with Crippen molar-refractivity contribution in [2.45, 2.75) is 82.4 Å². The predicted molar refractivity (Wildman–Crippen MR) is 289 cm³/mol. The highest BCUT2D eigenvalue weighted by Crippen LogP contribution is 2.44. The Hall–Kier alpha value is -7.46. The van der Waals surface area contributed by atoms with Crippen LogP contribution in [0.5, 0.6) is 0 Å². The summed E-state index contributed by atoms with van der Waals surface area (Å²) in [5, 5.41) is 9.06. The fraction of sp³-hybridized carbons (Fsp3) is 0.230. The topological polar surface area (TPSA) is 128 Å². The smallest absolute Gasteiger partial charge is 0.408 e. The van der Waals surface area contributed by atoms with Crippen molar-refractivity contribution in [3.63, 3.8) is 0 Å². The normalized spacial score (nSPS) is 14.6. The highest BCUT2D eigenvalue weighted by molar-refractivity contribution is 6.33. The molecule has 0 radical (unpaired) electrons. The number of amides is 1. The number of rotatable bonds is 11. The maximum absolute atomic E-state index is 12.5. The Morgan fingerprint density at radius 3 is 1.65 bits per heavy atom. The first-order valence-corrected chi connectivity index (χ1v) is 25.0. The van der Waals surface area contributed by atoms with Gasteiger partial charge in [-0.1, -0.05) is 151 Å². The number of carbonyl (C=O) groups is 1. The number of hydrogen-bond acceptors (Lipinski definition) is 8. The molecule has 4 aromatic heterocycles. The van der Waals surface area contributed by atoms with Gasteiger partial charge < -0.3 is 21.1 Å². The number of nitrogens with two attached hydrogens (primary N) is 1. The van der Waals surface area contributed by atoms with Crippen LogP contribution in [0.15, 0.2) is 176 Å². The van der Waals surface area contributed by atoms with Gasteiger partial charge >= 0.3 is 6.09 Å². The van der Waals surface area contributed by atoms with Crippen LogP contribution in [0.4, 0.5) is 10.6 Å². The van der Waals surface area contributed by atoms with Crippen LogP contribution < -0.4 is 16.4 Å². The van der Waals surface area contributed by atoms with Crippen molar-refractivity contribution in [1.29, 1.82) is 0 Å². The van der Waals surface area contributed by atoms with Crippen LogP contribution in [0.2, 0.25) is 5.15 Å². The van der Waals surface area contributed by atoms with E-state index in [1.807, 2.05) is 69.4 Å². The lowest BCUT2D eigenvalue weighted by molar-refractivity contribution is 0.0377. The predicted octanol–water partition coefficient (Wildman–Crippen LogP) is 14.5. The zero-order valence-electron chi connectivity index (χ0n) is 40.5. The van der Waals surface area contributed by atoms with E-state index in [2.05, 4.69) is 142 Å². The fourth-order valence-electron chi connectivity index (χ4n) is 9.65. The Morgan fingerprint density at radius 1 is 0.620 bits per heavy atom. The van der Waals surface area contributed by atoms with Crippen LogP contribution in [-0.4, -0.2) is 38.2 Å². The minimum absolute atomic E-state index is 0.169. The molecule has 0 bridgehead atoms. The van der Waals surface area contributed by atoms with Crippen LogP contribution >= 0.6 is 11.6 Å². The lowest BCUT2D eigenvalue weighted by Crippen LogP contribution is -2.52. The van der Waals surface area contributed by atoms with E-state index in [0.29, 0.717) is 10.7 Å². The van der Waals surface area contributed by atoms with Crippen LogP contribution in [0, 0.1) is 0 Å². The first kappa shape index (κ1) is 47.2. The molecule has 0 aliphatic heterocycles. The van der Waals surface area contributed by atoms with Crippen LogP contribution in [-0.2, 0) is 22.2 Å². The Bertz CT molecular complexity index is 3300. The number of ether oxygens (including phenoxy) is 1. The van der Waals surface area contributed by atoms with E-state index in [0.717, 1.165) is 118 Å². The molecule has 4 heterocycles. The SMILES string of the molecule is CC(C)(C)OC(=O)NC1(c2ccc(-c3nc4c(Cl)nccc4cc3-c3ccccc3)cc2)CCC1.NC1(c2ccc(-c3nc4c(NCCc5ccccc5)nccc4cc3-c3ccccc3)cc2)CCC1. The van der Waals surface area contributed by atoms with Crippen molar-refractivity contribution >= 4 is 45.3 Å². The quantitative estimate of drug-likeness (QED) is 0.109. The van der Waals surface area contributed by atoms with Gasteiger partial charge in [-0.2, -0.15) is 0 Å². The van der Waals surface area contributed by atoms with Gasteiger partial charge in [0.1, 0.15) is 16.6 Å². The number of benzene rings is 5. The van der Waals surface area contributed by atoms with E-state index in [4.69, 9.17) is 32.0 Å². The Morgan fingerprint density at radius 2 is 1.13 bits per heavy atom. The maximum Gasteiger partial charge on any atom is 0.408 e. The van der Waals surface area contributed by atoms with Crippen LogP contribution in [0.1, 0.15) is 76.0 Å². The van der Waals surface area contributed by atoms with E-state index < -0.39 is 11.1 Å². The summed E-state index contributed by atoms with van der Waals surface area (Å²) in [6, 6.07) is 56.5. The first-order valence-electron chi connectivity index (χ1n) is 24.6. The molecule has 71 heavy (non-hydrogen) atoms. The molecule has 1 amide bonds. The number of nitrogens with one attached hydrogen (secondary N) is 2. The van der Waals surface area contributed by atoms with Crippen LogP contribution in [0.25, 0.3) is 66.6 Å². The summed E-state index contributed by atoms with van der Waals surface area (Å²) in [4.78, 5) is 31.6. The molecule has 0 atom stereocenters. The third-order valence-corrected chi connectivity index (χ3v) is 14.1. The summed E-state index contributed by atoms with van der Waals surface area (Å²) < 4.78 is 5.52. The van der Waals surface area contributed by atoms with Gasteiger partial charge in [0.05, 0.1) is 16.9 Å². The summed E-state index contributed by atoms with van der Waals surface area (Å²) in [6.07, 6.45) is 10.2. The van der Waals surface area contributed by atoms with E-state index in [1.54, 1.807) is 6.20 Å². The monoisotopic (exact) mass is 955 g/mol. The molecule has 2 aliphatic rings. The molecule has 2 aliphatic carbocycles.